The molecule has 0 radical (unpaired) electrons. The van der Waals surface area contributed by atoms with Crippen molar-refractivity contribution in [3.63, 3.8) is 0 Å². The SMILES string of the molecule is C[C@@H](O)[C@H](NC(=O)[C@@H]1CCCN1C(=O)[C@H](Cc1ccccc1)NC(=O)[C@@H]1CCCN1C(=O)[C@@H](N)CC(N)=O)C(=O)N[C@@H](CCCN=C(N)N)C(=O)N[C@@H](CCCCN)C(=O)N[C@@H](CCCN=C(N)N)C(=O)N1CCC[C@H]1C(=O)O. The van der Waals surface area contributed by atoms with Gasteiger partial charge in [-0.25, -0.2) is 4.79 Å². The number of carbonyl (C=O) groups excluding carboxylic acids is 9. The van der Waals surface area contributed by atoms with Gasteiger partial charge in [0, 0.05) is 39.1 Å². The van der Waals surface area contributed by atoms with Crippen LogP contribution in [0, 0.1) is 0 Å². The zero-order valence-electron chi connectivity index (χ0n) is 44.8. The molecule has 29 nitrogen and oxygen atoms in total. The number of rotatable bonds is 31. The van der Waals surface area contributed by atoms with Crippen LogP contribution in [0.4, 0.5) is 0 Å². The molecule has 0 aromatic heterocycles. The second-order valence-electron chi connectivity index (χ2n) is 20.0. The van der Waals surface area contributed by atoms with Crippen LogP contribution in [0.5, 0.6) is 0 Å². The lowest BCUT2D eigenvalue weighted by Gasteiger charge is -2.32. The van der Waals surface area contributed by atoms with Crippen LogP contribution in [0.3, 0.4) is 0 Å². The molecule has 1 aromatic carbocycles. The van der Waals surface area contributed by atoms with Crippen molar-refractivity contribution < 1.29 is 58.2 Å². The minimum absolute atomic E-state index is 0.00138. The van der Waals surface area contributed by atoms with E-state index < -0.39 is 126 Å². The smallest absolute Gasteiger partial charge is 0.326 e. The maximum atomic E-state index is 14.6. The number of aliphatic hydroxyl groups excluding tert-OH is 1. The summed E-state index contributed by atoms with van der Waals surface area (Å²) in [5.74, 6) is -8.55. The summed E-state index contributed by atoms with van der Waals surface area (Å²) in [6, 6.07) is -2.80. The van der Waals surface area contributed by atoms with Crippen LogP contribution >= 0.6 is 0 Å². The van der Waals surface area contributed by atoms with Crippen LogP contribution in [0.25, 0.3) is 0 Å². The normalized spacial score (nSPS) is 19.5. The van der Waals surface area contributed by atoms with Crippen molar-refractivity contribution in [3.05, 3.63) is 35.9 Å². The standard InChI is InChI=1S/C50H81N17O12/c1-28(68)39(64-43(73)36-18-10-24-66(36)47(77)34(26-29-12-3-2-4-13-29)63-42(72)35-17-9-23-65(35)45(75)30(52)27-38(53)69)44(74)61-32(15-7-21-58-49(54)55)40(70)60-31(14-5-6-20-51)41(71)62-33(16-8-22-59-50(56)57)46(76)67-25-11-19-37(67)48(78)79/h2-4,12-13,28,30-37,39,68H,5-11,14-27,51-52H2,1H3,(H2,53,69)(H,60,70)(H,61,74)(H,62,71)(H,63,72)(H,64,73)(H,78,79)(H4,54,55,58)(H4,56,57,59)/t28-,30+,31+,32+,33+,34+,35+,36+,37+,39+/m1/s1. The molecule has 10 atom stereocenters. The third-order valence-electron chi connectivity index (χ3n) is 13.9. The summed E-state index contributed by atoms with van der Waals surface area (Å²) in [5.41, 5.74) is 39.6. The first-order chi connectivity index (χ1) is 37.5. The van der Waals surface area contributed by atoms with E-state index >= 15 is 0 Å². The number of likely N-dealkylation sites (tertiary alicyclic amines) is 3. The van der Waals surface area contributed by atoms with Crippen molar-refractivity contribution >= 4 is 71.1 Å². The summed E-state index contributed by atoms with van der Waals surface area (Å²) in [5, 5.41) is 34.1. The number of amides is 9. The summed E-state index contributed by atoms with van der Waals surface area (Å²) >= 11 is 0. The van der Waals surface area contributed by atoms with Crippen LogP contribution in [0.2, 0.25) is 0 Å². The van der Waals surface area contributed by atoms with E-state index in [9.17, 15) is 58.2 Å². The number of carboxylic acid groups (broad SMARTS) is 1. The van der Waals surface area contributed by atoms with Crippen molar-refractivity contribution in [2.45, 2.75) is 164 Å². The van der Waals surface area contributed by atoms with Crippen molar-refractivity contribution in [2.75, 3.05) is 39.3 Å². The van der Waals surface area contributed by atoms with Gasteiger partial charge in [-0.2, -0.15) is 0 Å². The van der Waals surface area contributed by atoms with Crippen molar-refractivity contribution in [2.24, 2.45) is 50.1 Å². The zero-order chi connectivity index (χ0) is 58.3. The number of aliphatic hydroxyl groups is 1. The first kappa shape index (κ1) is 63.9. The zero-order valence-corrected chi connectivity index (χ0v) is 44.8. The molecule has 0 spiro atoms. The Morgan fingerprint density at radius 3 is 1.56 bits per heavy atom. The van der Waals surface area contributed by atoms with Crippen molar-refractivity contribution in [1.82, 2.24) is 41.3 Å². The van der Waals surface area contributed by atoms with E-state index in [1.54, 1.807) is 30.3 Å². The fourth-order valence-electron chi connectivity index (χ4n) is 9.88. The number of hydrogen-bond donors (Lipinski definition) is 14. The Kier molecular flexibility index (Phi) is 25.6. The van der Waals surface area contributed by atoms with Gasteiger partial charge in [0.1, 0.15) is 48.3 Å². The van der Waals surface area contributed by atoms with E-state index in [4.69, 9.17) is 40.1 Å². The molecule has 3 heterocycles. The van der Waals surface area contributed by atoms with E-state index in [0.29, 0.717) is 37.7 Å². The molecule has 3 fully saturated rings. The lowest BCUT2D eigenvalue weighted by Crippen LogP contribution is -2.61. The summed E-state index contributed by atoms with van der Waals surface area (Å²) in [6.45, 7) is 1.96. The van der Waals surface area contributed by atoms with Gasteiger partial charge >= 0.3 is 5.97 Å². The maximum Gasteiger partial charge on any atom is 0.326 e. The van der Waals surface area contributed by atoms with Crippen LogP contribution in [0.15, 0.2) is 40.3 Å². The monoisotopic (exact) mass is 1110 g/mol. The first-order valence-corrected chi connectivity index (χ1v) is 26.8. The van der Waals surface area contributed by atoms with E-state index in [1.165, 1.54) is 21.6 Å². The van der Waals surface area contributed by atoms with Gasteiger partial charge in [-0.15, -0.1) is 0 Å². The molecular weight excluding hydrogens is 1030 g/mol. The van der Waals surface area contributed by atoms with Gasteiger partial charge in [0.05, 0.1) is 18.6 Å². The van der Waals surface area contributed by atoms with Crippen LogP contribution in [0.1, 0.15) is 102 Å². The van der Waals surface area contributed by atoms with Crippen molar-refractivity contribution in [3.8, 4) is 0 Å². The van der Waals surface area contributed by atoms with Gasteiger partial charge in [-0.1, -0.05) is 30.3 Å². The van der Waals surface area contributed by atoms with Crippen LogP contribution in [-0.4, -0.2) is 196 Å². The highest BCUT2D eigenvalue weighted by Crippen LogP contribution is 2.24. The lowest BCUT2D eigenvalue weighted by molar-refractivity contribution is -0.149. The predicted octanol–water partition coefficient (Wildman–Crippen LogP) is -5.47. The topological polar surface area (TPSA) is 488 Å². The molecule has 4 rings (SSSR count). The number of aliphatic carboxylic acids is 1. The van der Waals surface area contributed by atoms with Gasteiger partial charge in [-0.05, 0) is 103 Å². The molecule has 438 valence electrons. The minimum Gasteiger partial charge on any atom is -0.480 e. The molecule has 0 saturated carbocycles. The second kappa shape index (κ2) is 31.7. The fourth-order valence-corrected chi connectivity index (χ4v) is 9.88. The van der Waals surface area contributed by atoms with E-state index in [-0.39, 0.29) is 109 Å². The molecule has 79 heavy (non-hydrogen) atoms. The Morgan fingerprint density at radius 1 is 0.595 bits per heavy atom. The van der Waals surface area contributed by atoms with Crippen LogP contribution < -0.4 is 66.7 Å². The molecule has 3 aliphatic heterocycles. The van der Waals surface area contributed by atoms with E-state index in [2.05, 4.69) is 36.6 Å². The third kappa shape index (κ3) is 19.6. The van der Waals surface area contributed by atoms with Gasteiger partial charge < -0.3 is 91.6 Å². The summed E-state index contributed by atoms with van der Waals surface area (Å²) in [6.07, 6.45) is 0.756. The number of carbonyl (C=O) groups is 10. The summed E-state index contributed by atoms with van der Waals surface area (Å²) in [7, 11) is 0. The van der Waals surface area contributed by atoms with Crippen LogP contribution in [-0.2, 0) is 54.4 Å². The Hall–Kier alpha value is -7.66. The van der Waals surface area contributed by atoms with Gasteiger partial charge in [0.15, 0.2) is 11.9 Å². The average molecular weight is 1110 g/mol. The molecule has 3 saturated heterocycles. The number of nitrogens with one attached hydrogen (secondary N) is 5. The second-order valence-corrected chi connectivity index (χ2v) is 20.0. The first-order valence-electron chi connectivity index (χ1n) is 26.8. The molecule has 1 aromatic rings. The van der Waals surface area contributed by atoms with E-state index in [1.807, 2.05) is 0 Å². The number of hydrogen-bond acceptors (Lipinski definition) is 15. The molecule has 29 heteroatoms. The summed E-state index contributed by atoms with van der Waals surface area (Å²) < 4.78 is 0. The molecule has 0 bridgehead atoms. The Morgan fingerprint density at radius 2 is 1.05 bits per heavy atom. The third-order valence-corrected chi connectivity index (χ3v) is 13.9. The number of nitrogens with two attached hydrogens (primary N) is 7. The molecular formula is C50H81N17O12. The number of unbranched alkanes of at least 4 members (excludes halogenated alkanes) is 1. The molecule has 0 aliphatic carbocycles. The number of carboxylic acids is 1. The lowest BCUT2D eigenvalue weighted by atomic mass is 10.0. The Labute approximate surface area is 458 Å². The highest BCUT2D eigenvalue weighted by Gasteiger charge is 2.43. The highest BCUT2D eigenvalue weighted by molar-refractivity contribution is 5.99. The Bertz CT molecular complexity index is 2350. The number of benzene rings is 1. The Balaban J connectivity index is 1.55. The molecule has 3 aliphatic rings. The number of guanidine groups is 2. The average Bonchev–Trinajstić information content (AvgIpc) is 4.24. The number of nitrogens with zero attached hydrogens (tertiary/aromatic N) is 5. The van der Waals surface area contributed by atoms with Gasteiger partial charge in [-0.3, -0.25) is 53.1 Å². The minimum atomic E-state index is -1.71. The van der Waals surface area contributed by atoms with E-state index in [0.717, 1.165) is 0 Å². The molecule has 21 N–H and O–H groups in total. The fraction of sp³-hybridized carbons (Fsp3) is 0.640. The highest BCUT2D eigenvalue weighted by atomic mass is 16.4. The summed E-state index contributed by atoms with van der Waals surface area (Å²) in [4.78, 5) is 148. The van der Waals surface area contributed by atoms with Gasteiger partial charge in [0.2, 0.25) is 53.2 Å². The number of aliphatic imine (C=N–C) groups is 2. The predicted molar refractivity (Wildman–Crippen MR) is 288 cm³/mol. The van der Waals surface area contributed by atoms with Crippen molar-refractivity contribution in [1.29, 1.82) is 0 Å². The quantitative estimate of drug-likeness (QED) is 0.0187. The number of primary amides is 1. The largest absolute Gasteiger partial charge is 0.480 e. The molecule has 9 amide bonds. The van der Waals surface area contributed by atoms with Gasteiger partial charge in [0.25, 0.3) is 0 Å². The molecule has 0 unspecified atom stereocenters. The maximum absolute atomic E-state index is 14.6.